The first kappa shape index (κ1) is 19.9. The number of rotatable bonds is 4. The van der Waals surface area contributed by atoms with Gasteiger partial charge in [0, 0.05) is 28.5 Å². The van der Waals surface area contributed by atoms with Crippen LogP contribution in [0, 0.1) is 0 Å². The molecule has 3 rings (SSSR count). The molecule has 1 aliphatic rings. The summed E-state index contributed by atoms with van der Waals surface area (Å²) in [6.45, 7) is 7.23. The van der Waals surface area contributed by atoms with Crippen molar-refractivity contribution in [2.75, 3.05) is 25.5 Å². The number of carbonyl (C=O) groups is 2. The van der Waals surface area contributed by atoms with Gasteiger partial charge in [0.15, 0.2) is 0 Å². The summed E-state index contributed by atoms with van der Waals surface area (Å²) in [6, 6.07) is 5.21. The Bertz CT molecular complexity index is 856. The van der Waals surface area contributed by atoms with E-state index in [0.717, 1.165) is 15.4 Å². The molecule has 1 amide bonds. The standard InChI is InChI=1S/C19H24BrN3O4/c1-10-8-23(9-11(2)27-10)12(3)18(24)22-16-14-7-13(20)5-6-15(14)21-17(16)19(25)26-4/h5-7,10-12,21H,8-9H2,1-4H3,(H,22,24)/t10-,11+,12-/m0/s1. The summed E-state index contributed by atoms with van der Waals surface area (Å²) in [7, 11) is 1.31. The molecule has 1 aliphatic heterocycles. The number of ether oxygens (including phenoxy) is 2. The van der Waals surface area contributed by atoms with Gasteiger partial charge in [-0.3, -0.25) is 9.69 Å². The van der Waals surface area contributed by atoms with E-state index in [1.807, 2.05) is 39.0 Å². The van der Waals surface area contributed by atoms with Gasteiger partial charge >= 0.3 is 5.97 Å². The number of H-pyrrole nitrogens is 1. The average Bonchev–Trinajstić information content (AvgIpc) is 2.97. The van der Waals surface area contributed by atoms with E-state index >= 15 is 0 Å². The predicted molar refractivity (Wildman–Crippen MR) is 107 cm³/mol. The Morgan fingerprint density at radius 3 is 2.63 bits per heavy atom. The maximum Gasteiger partial charge on any atom is 0.356 e. The number of carbonyl (C=O) groups excluding carboxylic acids is 2. The number of fused-ring (bicyclic) bond motifs is 1. The van der Waals surface area contributed by atoms with Crippen LogP contribution in [0.4, 0.5) is 5.69 Å². The number of hydrogen-bond acceptors (Lipinski definition) is 5. The zero-order chi connectivity index (χ0) is 19.7. The van der Waals surface area contributed by atoms with Crippen molar-refractivity contribution in [3.63, 3.8) is 0 Å². The Hall–Kier alpha value is -1.90. The minimum atomic E-state index is -0.529. The van der Waals surface area contributed by atoms with Crippen molar-refractivity contribution in [2.45, 2.75) is 39.0 Å². The number of anilines is 1. The Labute approximate surface area is 166 Å². The molecule has 0 aliphatic carbocycles. The fourth-order valence-corrected chi connectivity index (χ4v) is 3.84. The van der Waals surface area contributed by atoms with Gasteiger partial charge in [0.05, 0.1) is 31.0 Å². The van der Waals surface area contributed by atoms with Crippen molar-refractivity contribution in [1.29, 1.82) is 0 Å². The molecule has 8 heteroatoms. The molecule has 1 fully saturated rings. The predicted octanol–water partition coefficient (Wildman–Crippen LogP) is 3.15. The van der Waals surface area contributed by atoms with Gasteiger partial charge in [0.2, 0.25) is 5.91 Å². The van der Waals surface area contributed by atoms with Gasteiger partial charge in [-0.05, 0) is 39.0 Å². The highest BCUT2D eigenvalue weighted by Gasteiger charge is 2.30. The minimum absolute atomic E-state index is 0.0682. The Morgan fingerprint density at radius 2 is 2.00 bits per heavy atom. The number of methoxy groups -OCH3 is 1. The smallest absolute Gasteiger partial charge is 0.356 e. The van der Waals surface area contributed by atoms with Crippen LogP contribution in [0.15, 0.2) is 22.7 Å². The van der Waals surface area contributed by atoms with Crippen molar-refractivity contribution in [2.24, 2.45) is 0 Å². The molecule has 1 saturated heterocycles. The Balaban J connectivity index is 1.89. The highest BCUT2D eigenvalue weighted by molar-refractivity contribution is 9.10. The summed E-state index contributed by atoms with van der Waals surface area (Å²) in [5.41, 5.74) is 1.41. The van der Waals surface area contributed by atoms with Gasteiger partial charge in [0.1, 0.15) is 5.69 Å². The SMILES string of the molecule is COC(=O)c1[nH]c2ccc(Br)cc2c1NC(=O)[C@H](C)N1C[C@@H](C)O[C@@H](C)C1. The number of esters is 1. The summed E-state index contributed by atoms with van der Waals surface area (Å²) in [4.78, 5) is 30.3. The third kappa shape index (κ3) is 4.17. The molecule has 2 aromatic rings. The molecule has 0 unspecified atom stereocenters. The van der Waals surface area contributed by atoms with Gasteiger partial charge in [0.25, 0.3) is 0 Å². The fraction of sp³-hybridized carbons (Fsp3) is 0.474. The van der Waals surface area contributed by atoms with Crippen LogP contribution in [-0.2, 0) is 14.3 Å². The molecule has 2 heterocycles. The fourth-order valence-electron chi connectivity index (χ4n) is 3.48. The summed E-state index contributed by atoms with van der Waals surface area (Å²) < 4.78 is 11.5. The molecule has 7 nitrogen and oxygen atoms in total. The molecule has 0 bridgehead atoms. The minimum Gasteiger partial charge on any atom is -0.464 e. The van der Waals surface area contributed by atoms with Gasteiger partial charge < -0.3 is 19.8 Å². The topological polar surface area (TPSA) is 83.7 Å². The molecule has 2 N–H and O–H groups in total. The van der Waals surface area contributed by atoms with Crippen molar-refractivity contribution in [3.8, 4) is 0 Å². The van der Waals surface area contributed by atoms with Gasteiger partial charge in [-0.25, -0.2) is 4.79 Å². The number of morpholine rings is 1. The molecular weight excluding hydrogens is 414 g/mol. The van der Waals surface area contributed by atoms with E-state index in [-0.39, 0.29) is 29.9 Å². The molecule has 146 valence electrons. The number of aromatic nitrogens is 1. The van der Waals surface area contributed by atoms with Gasteiger partial charge in [-0.2, -0.15) is 0 Å². The van der Waals surface area contributed by atoms with Crippen molar-refractivity contribution in [1.82, 2.24) is 9.88 Å². The van der Waals surface area contributed by atoms with E-state index in [0.29, 0.717) is 18.8 Å². The van der Waals surface area contributed by atoms with Gasteiger partial charge in [-0.15, -0.1) is 0 Å². The number of aromatic amines is 1. The number of nitrogens with one attached hydrogen (secondary N) is 2. The highest BCUT2D eigenvalue weighted by Crippen LogP contribution is 2.31. The van der Waals surface area contributed by atoms with Crippen LogP contribution in [0.1, 0.15) is 31.3 Å². The van der Waals surface area contributed by atoms with Crippen LogP contribution >= 0.6 is 15.9 Å². The molecule has 27 heavy (non-hydrogen) atoms. The number of hydrogen-bond donors (Lipinski definition) is 2. The van der Waals surface area contributed by atoms with Crippen LogP contribution in [0.5, 0.6) is 0 Å². The highest BCUT2D eigenvalue weighted by atomic mass is 79.9. The first-order valence-corrected chi connectivity index (χ1v) is 9.69. The molecule has 1 aromatic heterocycles. The van der Waals surface area contributed by atoms with Gasteiger partial charge in [-0.1, -0.05) is 15.9 Å². The number of amides is 1. The van der Waals surface area contributed by atoms with Crippen LogP contribution in [0.2, 0.25) is 0 Å². The largest absolute Gasteiger partial charge is 0.464 e. The summed E-state index contributed by atoms with van der Waals surface area (Å²) in [5, 5.41) is 3.67. The summed E-state index contributed by atoms with van der Waals surface area (Å²) in [6.07, 6.45) is 0.136. The quantitative estimate of drug-likeness (QED) is 0.717. The lowest BCUT2D eigenvalue weighted by atomic mass is 10.1. The van der Waals surface area contributed by atoms with Crippen molar-refractivity contribution < 1.29 is 19.1 Å². The normalized spacial score (nSPS) is 21.8. The van der Waals surface area contributed by atoms with E-state index in [1.165, 1.54) is 7.11 Å². The number of benzene rings is 1. The Kier molecular flexibility index (Phi) is 5.88. The molecule has 0 radical (unpaired) electrons. The Morgan fingerprint density at radius 1 is 1.33 bits per heavy atom. The van der Waals surface area contributed by atoms with E-state index in [1.54, 1.807) is 0 Å². The zero-order valence-electron chi connectivity index (χ0n) is 15.8. The third-order valence-electron chi connectivity index (χ3n) is 4.77. The number of halogens is 1. The molecule has 3 atom stereocenters. The van der Waals surface area contributed by atoms with Crippen LogP contribution in [0.3, 0.4) is 0 Å². The van der Waals surface area contributed by atoms with Crippen LogP contribution in [-0.4, -0.2) is 60.2 Å². The zero-order valence-corrected chi connectivity index (χ0v) is 17.4. The van der Waals surface area contributed by atoms with E-state index in [4.69, 9.17) is 9.47 Å². The molecule has 0 spiro atoms. The summed E-state index contributed by atoms with van der Waals surface area (Å²) in [5.74, 6) is -0.707. The number of nitrogens with zero attached hydrogens (tertiary/aromatic N) is 1. The second-order valence-corrected chi connectivity index (χ2v) is 7.85. The molecule has 1 aromatic carbocycles. The van der Waals surface area contributed by atoms with E-state index in [2.05, 4.69) is 31.1 Å². The average molecular weight is 438 g/mol. The summed E-state index contributed by atoms with van der Waals surface area (Å²) >= 11 is 3.44. The lowest BCUT2D eigenvalue weighted by Crippen LogP contribution is -2.52. The monoisotopic (exact) mass is 437 g/mol. The first-order chi connectivity index (χ1) is 12.8. The second-order valence-electron chi connectivity index (χ2n) is 6.93. The van der Waals surface area contributed by atoms with E-state index in [9.17, 15) is 9.59 Å². The maximum atomic E-state index is 12.9. The lowest BCUT2D eigenvalue weighted by molar-refractivity contribution is -0.126. The molecule has 0 saturated carbocycles. The van der Waals surface area contributed by atoms with Crippen LogP contribution in [0.25, 0.3) is 10.9 Å². The molecular formula is C19H24BrN3O4. The van der Waals surface area contributed by atoms with Crippen LogP contribution < -0.4 is 5.32 Å². The first-order valence-electron chi connectivity index (χ1n) is 8.90. The second kappa shape index (κ2) is 8.00. The van der Waals surface area contributed by atoms with Crippen molar-refractivity contribution >= 4 is 44.4 Å². The third-order valence-corrected chi connectivity index (χ3v) is 5.27. The van der Waals surface area contributed by atoms with E-state index < -0.39 is 5.97 Å². The maximum absolute atomic E-state index is 12.9. The van der Waals surface area contributed by atoms with Crippen molar-refractivity contribution in [3.05, 3.63) is 28.4 Å². The lowest BCUT2D eigenvalue weighted by Gasteiger charge is -2.38.